The number of methoxy groups -OCH3 is 1. The van der Waals surface area contributed by atoms with Gasteiger partial charge in [-0.25, -0.2) is 8.42 Å². The van der Waals surface area contributed by atoms with Crippen LogP contribution in [0.25, 0.3) is 0 Å². The summed E-state index contributed by atoms with van der Waals surface area (Å²) in [4.78, 5) is 11.0. The summed E-state index contributed by atoms with van der Waals surface area (Å²) in [5.74, 6) is -0.545. The van der Waals surface area contributed by atoms with E-state index >= 15 is 0 Å². The summed E-state index contributed by atoms with van der Waals surface area (Å²) in [5, 5.41) is 0. The van der Waals surface area contributed by atoms with Crippen LogP contribution in [0.5, 0.6) is 5.75 Å². The Morgan fingerprint density at radius 2 is 2.11 bits per heavy atom. The third-order valence-electron chi connectivity index (χ3n) is 2.19. The lowest BCUT2D eigenvalue weighted by Gasteiger charge is -2.10. The average molecular weight is 288 g/mol. The highest BCUT2D eigenvalue weighted by molar-refractivity contribution is 7.89. The van der Waals surface area contributed by atoms with E-state index in [-0.39, 0.29) is 17.3 Å². The zero-order valence-electron chi connectivity index (χ0n) is 10.7. The van der Waals surface area contributed by atoms with Crippen LogP contribution in [0.3, 0.4) is 0 Å². The van der Waals surface area contributed by atoms with E-state index in [2.05, 4.69) is 9.46 Å². The lowest BCUT2D eigenvalue weighted by molar-refractivity contribution is -0.141. The second-order valence-corrected chi connectivity index (χ2v) is 5.28. The largest absolute Gasteiger partial charge is 0.495 e. The second-order valence-electron chi connectivity index (χ2n) is 3.54. The number of nitrogens with one attached hydrogen (secondary N) is 1. The minimum atomic E-state index is -3.86. The summed E-state index contributed by atoms with van der Waals surface area (Å²) in [6, 6.07) is 4.13. The number of anilines is 1. The number of esters is 1. The van der Waals surface area contributed by atoms with Gasteiger partial charge in [-0.2, -0.15) is 4.72 Å². The maximum Gasteiger partial charge on any atom is 0.321 e. The van der Waals surface area contributed by atoms with E-state index in [0.717, 1.165) is 0 Å². The zero-order valence-corrected chi connectivity index (χ0v) is 11.5. The molecule has 0 heterocycles. The Morgan fingerprint density at radius 3 is 2.68 bits per heavy atom. The maximum atomic E-state index is 12.0. The first-order valence-corrected chi connectivity index (χ1v) is 6.97. The number of hydrogen-bond donors (Lipinski definition) is 2. The highest BCUT2D eigenvalue weighted by Gasteiger charge is 2.20. The Balaban J connectivity index is 2.91. The van der Waals surface area contributed by atoms with Gasteiger partial charge < -0.3 is 15.2 Å². The van der Waals surface area contributed by atoms with Crippen molar-refractivity contribution in [1.82, 2.24) is 4.72 Å². The molecule has 0 spiro atoms. The molecule has 0 fully saturated rings. The lowest BCUT2D eigenvalue weighted by Crippen LogP contribution is -2.31. The number of carbonyl (C=O) groups is 1. The number of hydrogen-bond acceptors (Lipinski definition) is 6. The quantitative estimate of drug-likeness (QED) is 0.568. The minimum Gasteiger partial charge on any atom is -0.495 e. The van der Waals surface area contributed by atoms with E-state index < -0.39 is 22.5 Å². The van der Waals surface area contributed by atoms with Gasteiger partial charge in [0.05, 0.1) is 13.7 Å². The van der Waals surface area contributed by atoms with Crippen molar-refractivity contribution >= 4 is 21.7 Å². The van der Waals surface area contributed by atoms with Gasteiger partial charge in [-0.05, 0) is 19.1 Å². The number of carbonyl (C=O) groups excluding carboxylic acids is 1. The predicted octanol–water partition coefficient (Wildman–Crippen LogP) is 0.119. The Labute approximate surface area is 111 Å². The van der Waals surface area contributed by atoms with Crippen LogP contribution in [0.15, 0.2) is 23.1 Å². The van der Waals surface area contributed by atoms with Crippen LogP contribution in [0.2, 0.25) is 0 Å². The third-order valence-corrected chi connectivity index (χ3v) is 3.63. The molecule has 0 aromatic heterocycles. The Kier molecular flexibility index (Phi) is 5.13. The number of nitrogen functional groups attached to an aromatic ring is 1. The van der Waals surface area contributed by atoms with E-state index in [4.69, 9.17) is 10.5 Å². The van der Waals surface area contributed by atoms with Gasteiger partial charge in [-0.1, -0.05) is 0 Å². The van der Waals surface area contributed by atoms with Crippen molar-refractivity contribution in [2.24, 2.45) is 0 Å². The highest BCUT2D eigenvalue weighted by Crippen LogP contribution is 2.25. The zero-order chi connectivity index (χ0) is 14.5. The summed E-state index contributed by atoms with van der Waals surface area (Å²) in [6.07, 6.45) is 0. The van der Waals surface area contributed by atoms with Crippen LogP contribution in [-0.2, 0) is 19.6 Å². The van der Waals surface area contributed by atoms with Gasteiger partial charge in [0, 0.05) is 11.8 Å². The summed E-state index contributed by atoms with van der Waals surface area (Å²) in [5.41, 5.74) is 5.91. The molecule has 0 aliphatic rings. The molecule has 0 saturated heterocycles. The molecule has 1 aromatic carbocycles. The van der Waals surface area contributed by atoms with Gasteiger partial charge in [-0.15, -0.1) is 0 Å². The van der Waals surface area contributed by atoms with Crippen molar-refractivity contribution in [3.63, 3.8) is 0 Å². The van der Waals surface area contributed by atoms with Crippen molar-refractivity contribution < 1.29 is 22.7 Å². The third kappa shape index (κ3) is 4.11. The van der Waals surface area contributed by atoms with Gasteiger partial charge in [-0.3, -0.25) is 4.79 Å². The van der Waals surface area contributed by atoms with E-state index in [0.29, 0.717) is 5.69 Å². The fourth-order valence-electron chi connectivity index (χ4n) is 1.35. The molecule has 0 radical (unpaired) electrons. The van der Waals surface area contributed by atoms with Crippen LogP contribution >= 0.6 is 0 Å². The van der Waals surface area contributed by atoms with E-state index in [1.54, 1.807) is 6.92 Å². The molecule has 1 rings (SSSR count). The normalized spacial score (nSPS) is 11.1. The van der Waals surface area contributed by atoms with Crippen molar-refractivity contribution in [1.29, 1.82) is 0 Å². The first-order valence-electron chi connectivity index (χ1n) is 5.49. The van der Waals surface area contributed by atoms with Crippen molar-refractivity contribution in [3.05, 3.63) is 18.2 Å². The molecule has 0 bridgehead atoms. The minimum absolute atomic E-state index is 0.0894. The molecule has 0 aliphatic heterocycles. The smallest absolute Gasteiger partial charge is 0.321 e. The monoisotopic (exact) mass is 288 g/mol. The molecule has 19 heavy (non-hydrogen) atoms. The van der Waals surface area contributed by atoms with Crippen LogP contribution < -0.4 is 15.2 Å². The maximum absolute atomic E-state index is 12.0. The standard InChI is InChI=1S/C11H16N2O5S/c1-3-18-11(14)7-13-19(15,16)10-5-4-8(12)6-9(10)17-2/h4-6,13H,3,7,12H2,1-2H3. The first kappa shape index (κ1) is 15.3. The number of nitrogens with two attached hydrogens (primary N) is 1. The predicted molar refractivity (Wildman–Crippen MR) is 69.2 cm³/mol. The molecule has 0 amide bonds. The van der Waals surface area contributed by atoms with Crippen molar-refractivity contribution in [2.75, 3.05) is 26.0 Å². The topological polar surface area (TPSA) is 108 Å². The number of ether oxygens (including phenoxy) is 2. The number of rotatable bonds is 6. The fourth-order valence-corrected chi connectivity index (χ4v) is 2.47. The first-order chi connectivity index (χ1) is 8.90. The molecule has 7 nitrogen and oxygen atoms in total. The van der Waals surface area contributed by atoms with E-state index in [1.165, 1.54) is 25.3 Å². The Morgan fingerprint density at radius 1 is 1.42 bits per heavy atom. The fraction of sp³-hybridized carbons (Fsp3) is 0.364. The van der Waals surface area contributed by atoms with E-state index in [1.807, 2.05) is 0 Å². The molecule has 0 saturated carbocycles. The molecular weight excluding hydrogens is 272 g/mol. The molecule has 0 unspecified atom stereocenters. The number of benzene rings is 1. The van der Waals surface area contributed by atoms with Crippen LogP contribution in [0.4, 0.5) is 5.69 Å². The van der Waals surface area contributed by atoms with Gasteiger partial charge in [0.2, 0.25) is 10.0 Å². The summed E-state index contributed by atoms with van der Waals surface area (Å²) >= 11 is 0. The van der Waals surface area contributed by atoms with Crippen LogP contribution in [0, 0.1) is 0 Å². The Bertz CT molecular complexity index is 556. The lowest BCUT2D eigenvalue weighted by atomic mass is 10.3. The molecule has 1 aromatic rings. The van der Waals surface area contributed by atoms with Crippen LogP contribution in [0.1, 0.15) is 6.92 Å². The molecule has 0 atom stereocenters. The number of sulfonamides is 1. The summed E-state index contributed by atoms with van der Waals surface area (Å²) in [7, 11) is -2.53. The highest BCUT2D eigenvalue weighted by atomic mass is 32.2. The van der Waals surface area contributed by atoms with Crippen molar-refractivity contribution in [3.8, 4) is 5.75 Å². The van der Waals surface area contributed by atoms with Gasteiger partial charge in [0.15, 0.2) is 0 Å². The molecule has 3 N–H and O–H groups in total. The Hall–Kier alpha value is -1.80. The van der Waals surface area contributed by atoms with Crippen molar-refractivity contribution in [2.45, 2.75) is 11.8 Å². The van der Waals surface area contributed by atoms with Gasteiger partial charge in [0.1, 0.15) is 17.2 Å². The SMILES string of the molecule is CCOC(=O)CNS(=O)(=O)c1ccc(N)cc1OC. The molecule has 8 heteroatoms. The molecule has 0 aliphatic carbocycles. The summed E-state index contributed by atoms with van der Waals surface area (Å²) < 4.78 is 35.7. The summed E-state index contributed by atoms with van der Waals surface area (Å²) in [6.45, 7) is 1.38. The average Bonchev–Trinajstić information content (AvgIpc) is 2.36. The van der Waals surface area contributed by atoms with Crippen LogP contribution in [-0.4, -0.2) is 34.6 Å². The van der Waals surface area contributed by atoms with Gasteiger partial charge >= 0.3 is 5.97 Å². The molecular formula is C11H16N2O5S. The van der Waals surface area contributed by atoms with E-state index in [9.17, 15) is 13.2 Å². The van der Waals surface area contributed by atoms with Gasteiger partial charge in [0.25, 0.3) is 0 Å². The molecule has 106 valence electrons. The second kappa shape index (κ2) is 6.39.